The van der Waals surface area contributed by atoms with Gasteiger partial charge in [0.1, 0.15) is 23.4 Å². The van der Waals surface area contributed by atoms with E-state index in [0.29, 0.717) is 12.5 Å². The second-order valence-electron chi connectivity index (χ2n) is 7.81. The van der Waals surface area contributed by atoms with Gasteiger partial charge in [0.05, 0.1) is 11.4 Å². The van der Waals surface area contributed by atoms with Crippen molar-refractivity contribution in [1.82, 2.24) is 19.9 Å². The average Bonchev–Trinajstić information content (AvgIpc) is 3.01. The Balaban J connectivity index is 1.80. The summed E-state index contributed by atoms with van der Waals surface area (Å²) < 4.78 is 5.54. The quantitative estimate of drug-likeness (QED) is 0.905. The van der Waals surface area contributed by atoms with Crippen molar-refractivity contribution >= 4 is 22.9 Å². The van der Waals surface area contributed by atoms with E-state index in [-0.39, 0.29) is 12.1 Å². The number of likely N-dealkylation sites (tertiary alicyclic amines) is 1. The van der Waals surface area contributed by atoms with Crippen LogP contribution in [0.3, 0.4) is 0 Å². The summed E-state index contributed by atoms with van der Waals surface area (Å²) in [6.45, 7) is 9.26. The normalized spacial score (nSPS) is 21.4. The number of piperidine rings is 1. The summed E-state index contributed by atoms with van der Waals surface area (Å²) >= 11 is 0. The van der Waals surface area contributed by atoms with Crippen molar-refractivity contribution in [1.29, 1.82) is 0 Å². The average molecular weight is 345 g/mol. The summed E-state index contributed by atoms with van der Waals surface area (Å²) in [6, 6.07) is 2.16. The Hall–Kier alpha value is -2.31. The lowest BCUT2D eigenvalue weighted by atomic mass is 9.92. The van der Waals surface area contributed by atoms with Crippen molar-refractivity contribution in [3.05, 3.63) is 18.6 Å². The van der Waals surface area contributed by atoms with Crippen LogP contribution in [0, 0.1) is 5.92 Å². The molecule has 1 amide bonds. The largest absolute Gasteiger partial charge is 0.444 e. The van der Waals surface area contributed by atoms with Crippen LogP contribution in [0.2, 0.25) is 0 Å². The molecule has 1 aliphatic rings. The van der Waals surface area contributed by atoms with Gasteiger partial charge < -0.3 is 19.5 Å². The third-order valence-electron chi connectivity index (χ3n) is 4.73. The highest BCUT2D eigenvalue weighted by Crippen LogP contribution is 2.29. The number of hydrogen-bond donors (Lipinski definition) is 1. The molecule has 1 N–H and O–H groups in total. The highest BCUT2D eigenvalue weighted by Gasteiger charge is 2.34. The maximum Gasteiger partial charge on any atom is 0.410 e. The molecule has 0 spiro atoms. The zero-order chi connectivity index (χ0) is 18.2. The van der Waals surface area contributed by atoms with Crippen molar-refractivity contribution in [2.75, 3.05) is 25.0 Å². The summed E-state index contributed by atoms with van der Waals surface area (Å²) in [5, 5.41) is 0.992. The van der Waals surface area contributed by atoms with Gasteiger partial charge in [0.2, 0.25) is 0 Å². The van der Waals surface area contributed by atoms with Crippen molar-refractivity contribution in [2.24, 2.45) is 5.92 Å². The van der Waals surface area contributed by atoms with Crippen LogP contribution in [-0.4, -0.2) is 57.7 Å². The van der Waals surface area contributed by atoms with Gasteiger partial charge in [-0.1, -0.05) is 6.92 Å². The van der Waals surface area contributed by atoms with Crippen molar-refractivity contribution < 1.29 is 9.53 Å². The van der Waals surface area contributed by atoms with Crippen LogP contribution in [-0.2, 0) is 4.74 Å². The molecule has 25 heavy (non-hydrogen) atoms. The molecular formula is C18H27N5O2. The van der Waals surface area contributed by atoms with E-state index in [1.807, 2.05) is 45.0 Å². The Bertz CT molecular complexity index is 751. The van der Waals surface area contributed by atoms with E-state index in [9.17, 15) is 4.79 Å². The lowest BCUT2D eigenvalue weighted by Crippen LogP contribution is -2.53. The summed E-state index contributed by atoms with van der Waals surface area (Å²) in [7, 11) is 2.04. The number of hydrogen-bond acceptors (Lipinski definition) is 5. The number of ether oxygens (including phenoxy) is 1. The zero-order valence-electron chi connectivity index (χ0n) is 15.6. The summed E-state index contributed by atoms with van der Waals surface area (Å²) in [4.78, 5) is 28.3. The molecule has 3 heterocycles. The maximum absolute atomic E-state index is 12.5. The Morgan fingerprint density at radius 2 is 2.16 bits per heavy atom. The van der Waals surface area contributed by atoms with E-state index in [4.69, 9.17) is 4.74 Å². The number of aromatic amines is 1. The van der Waals surface area contributed by atoms with Crippen LogP contribution in [0.1, 0.15) is 34.1 Å². The fourth-order valence-electron chi connectivity index (χ4n) is 3.34. The number of amides is 1. The molecular weight excluding hydrogens is 318 g/mol. The number of anilines is 1. The number of likely N-dealkylation sites (N-methyl/N-ethyl adjacent to an activating group) is 1. The first-order valence-electron chi connectivity index (χ1n) is 8.75. The summed E-state index contributed by atoms with van der Waals surface area (Å²) in [5.41, 5.74) is 0.343. The van der Waals surface area contributed by atoms with E-state index in [1.165, 1.54) is 0 Å². The first kappa shape index (κ1) is 17.5. The predicted octanol–water partition coefficient (Wildman–Crippen LogP) is 3.04. The second-order valence-corrected chi connectivity index (χ2v) is 7.81. The van der Waals surface area contributed by atoms with Gasteiger partial charge in [0, 0.05) is 26.3 Å². The van der Waals surface area contributed by atoms with Crippen LogP contribution in [0.25, 0.3) is 11.0 Å². The first-order chi connectivity index (χ1) is 11.8. The smallest absolute Gasteiger partial charge is 0.410 e. The molecule has 7 nitrogen and oxygen atoms in total. The number of nitrogens with one attached hydrogen (secondary N) is 1. The van der Waals surface area contributed by atoms with Gasteiger partial charge in [0.25, 0.3) is 0 Å². The SMILES string of the molecule is CC1CCN(C(=O)OC(C)(C)C)CC1N(C)c1ncnc2[nH]ccc12. The van der Waals surface area contributed by atoms with Crippen molar-refractivity contribution in [2.45, 2.75) is 45.8 Å². The second kappa shape index (κ2) is 6.54. The van der Waals surface area contributed by atoms with Crippen LogP contribution in [0.15, 0.2) is 18.6 Å². The molecule has 2 aromatic heterocycles. The van der Waals surface area contributed by atoms with E-state index < -0.39 is 5.60 Å². The molecule has 1 aliphatic heterocycles. The molecule has 1 saturated heterocycles. The zero-order valence-corrected chi connectivity index (χ0v) is 15.6. The van der Waals surface area contributed by atoms with Gasteiger partial charge in [-0.15, -0.1) is 0 Å². The first-order valence-corrected chi connectivity index (χ1v) is 8.75. The molecule has 7 heteroatoms. The summed E-state index contributed by atoms with van der Waals surface area (Å²) in [6.07, 6.45) is 4.14. The third-order valence-corrected chi connectivity index (χ3v) is 4.73. The molecule has 3 rings (SSSR count). The molecule has 2 unspecified atom stereocenters. The number of rotatable bonds is 2. The van der Waals surface area contributed by atoms with Gasteiger partial charge in [-0.25, -0.2) is 14.8 Å². The maximum atomic E-state index is 12.5. The number of H-pyrrole nitrogens is 1. The van der Waals surface area contributed by atoms with Gasteiger partial charge in [-0.3, -0.25) is 0 Å². The molecule has 136 valence electrons. The molecule has 1 fully saturated rings. The fraction of sp³-hybridized carbons (Fsp3) is 0.611. The Morgan fingerprint density at radius 3 is 2.88 bits per heavy atom. The molecule has 0 radical (unpaired) electrons. The van der Waals surface area contributed by atoms with Gasteiger partial charge in [-0.2, -0.15) is 0 Å². The lowest BCUT2D eigenvalue weighted by Gasteiger charge is -2.42. The van der Waals surface area contributed by atoms with Crippen LogP contribution < -0.4 is 4.90 Å². The number of nitrogens with zero attached hydrogens (tertiary/aromatic N) is 4. The Labute approximate surface area is 148 Å². The van der Waals surface area contributed by atoms with E-state index in [2.05, 4.69) is 26.8 Å². The fourth-order valence-corrected chi connectivity index (χ4v) is 3.34. The lowest BCUT2D eigenvalue weighted by molar-refractivity contribution is 0.0165. The topological polar surface area (TPSA) is 74.3 Å². The highest BCUT2D eigenvalue weighted by atomic mass is 16.6. The number of aromatic nitrogens is 3. The number of carbonyl (C=O) groups excluding carboxylic acids is 1. The minimum absolute atomic E-state index is 0.175. The van der Waals surface area contributed by atoms with E-state index >= 15 is 0 Å². The molecule has 2 atom stereocenters. The van der Waals surface area contributed by atoms with Crippen LogP contribution in [0.5, 0.6) is 0 Å². The Kier molecular flexibility index (Phi) is 4.58. The van der Waals surface area contributed by atoms with E-state index in [0.717, 1.165) is 29.8 Å². The van der Waals surface area contributed by atoms with Gasteiger partial charge >= 0.3 is 6.09 Å². The van der Waals surface area contributed by atoms with Crippen LogP contribution in [0.4, 0.5) is 10.6 Å². The Morgan fingerprint density at radius 1 is 1.40 bits per heavy atom. The summed E-state index contributed by atoms with van der Waals surface area (Å²) in [5.74, 6) is 1.33. The molecule has 2 aromatic rings. The van der Waals surface area contributed by atoms with Gasteiger partial charge in [-0.05, 0) is 39.2 Å². The predicted molar refractivity (Wildman–Crippen MR) is 97.7 cm³/mol. The number of carbonyl (C=O) groups is 1. The van der Waals surface area contributed by atoms with E-state index in [1.54, 1.807) is 6.33 Å². The molecule has 0 aliphatic carbocycles. The molecule has 0 bridgehead atoms. The highest BCUT2D eigenvalue weighted by molar-refractivity contribution is 5.87. The number of fused-ring (bicyclic) bond motifs is 1. The standard InChI is InChI=1S/C18H27N5O2/c1-12-7-9-23(17(24)25-18(2,3)4)10-14(12)22(5)16-13-6-8-19-15(13)20-11-21-16/h6,8,11-12,14H,7,9-10H2,1-5H3,(H,19,20,21). The third kappa shape index (κ3) is 3.70. The minimum atomic E-state index is -0.481. The van der Waals surface area contributed by atoms with Crippen molar-refractivity contribution in [3.63, 3.8) is 0 Å². The van der Waals surface area contributed by atoms with Crippen LogP contribution >= 0.6 is 0 Å². The minimum Gasteiger partial charge on any atom is -0.444 e. The molecule has 0 aromatic carbocycles. The van der Waals surface area contributed by atoms with Crippen molar-refractivity contribution in [3.8, 4) is 0 Å². The van der Waals surface area contributed by atoms with Gasteiger partial charge in [0.15, 0.2) is 0 Å². The molecule has 0 saturated carbocycles. The monoisotopic (exact) mass is 345 g/mol.